The van der Waals surface area contributed by atoms with Crippen molar-refractivity contribution in [1.82, 2.24) is 16.0 Å². The maximum Gasteiger partial charge on any atom is 0.226 e. The molecule has 0 aromatic rings. The van der Waals surface area contributed by atoms with Gasteiger partial charge in [-0.05, 0) is 32.4 Å². The van der Waals surface area contributed by atoms with Crippen LogP contribution in [0, 0.1) is 5.41 Å². The first-order valence-electron chi connectivity index (χ1n) is 7.39. The quantitative estimate of drug-likeness (QED) is 0.550. The molecule has 0 bridgehead atoms. The molecule has 20 heavy (non-hydrogen) atoms. The van der Waals surface area contributed by atoms with E-state index in [1.807, 2.05) is 0 Å². The number of rotatable bonds is 8. The zero-order valence-electron chi connectivity index (χ0n) is 12.6. The van der Waals surface area contributed by atoms with Gasteiger partial charge in [0, 0.05) is 26.6 Å². The Morgan fingerprint density at radius 1 is 1.20 bits per heavy atom. The van der Waals surface area contributed by atoms with Gasteiger partial charge in [0.1, 0.15) is 0 Å². The lowest BCUT2D eigenvalue weighted by Crippen LogP contribution is -2.47. The molecule has 0 aromatic carbocycles. The standard InChI is InChI=1S/C14H27N3O3/c1-3-14(5-8-15-9-6-14)13(19)17-7-4-12(18)16-10-11-20-2/h15H,3-11H2,1-2H3,(H,16,18)(H,17,19). The van der Waals surface area contributed by atoms with E-state index in [0.717, 1.165) is 32.4 Å². The fourth-order valence-electron chi connectivity index (χ4n) is 2.50. The minimum Gasteiger partial charge on any atom is -0.383 e. The lowest BCUT2D eigenvalue weighted by Gasteiger charge is -2.35. The van der Waals surface area contributed by atoms with E-state index in [-0.39, 0.29) is 17.2 Å². The van der Waals surface area contributed by atoms with Crippen LogP contribution in [0.3, 0.4) is 0 Å². The highest BCUT2D eigenvalue weighted by Crippen LogP contribution is 2.32. The molecule has 1 aliphatic heterocycles. The summed E-state index contributed by atoms with van der Waals surface area (Å²) in [5.74, 6) is 0.0319. The van der Waals surface area contributed by atoms with Crippen molar-refractivity contribution in [1.29, 1.82) is 0 Å². The number of amides is 2. The molecule has 0 saturated carbocycles. The second kappa shape index (κ2) is 8.92. The normalized spacial score (nSPS) is 17.5. The Kier molecular flexibility index (Phi) is 7.54. The molecule has 0 radical (unpaired) electrons. The van der Waals surface area contributed by atoms with Crippen molar-refractivity contribution in [3.63, 3.8) is 0 Å². The Morgan fingerprint density at radius 3 is 2.50 bits per heavy atom. The largest absolute Gasteiger partial charge is 0.383 e. The molecule has 0 aliphatic carbocycles. The summed E-state index contributed by atoms with van der Waals surface area (Å²) in [5, 5.41) is 8.92. The molecule has 1 heterocycles. The summed E-state index contributed by atoms with van der Waals surface area (Å²) in [6, 6.07) is 0. The van der Waals surface area contributed by atoms with E-state index in [9.17, 15) is 9.59 Å². The number of ether oxygens (including phenoxy) is 1. The smallest absolute Gasteiger partial charge is 0.226 e. The second-order valence-corrected chi connectivity index (χ2v) is 5.23. The first kappa shape index (κ1) is 16.9. The number of piperidine rings is 1. The third-order valence-corrected chi connectivity index (χ3v) is 3.99. The summed E-state index contributed by atoms with van der Waals surface area (Å²) in [4.78, 5) is 23.8. The summed E-state index contributed by atoms with van der Waals surface area (Å²) in [6.45, 7) is 5.24. The summed E-state index contributed by atoms with van der Waals surface area (Å²) in [5.41, 5.74) is -0.252. The number of hydrogen-bond donors (Lipinski definition) is 3. The highest BCUT2D eigenvalue weighted by Gasteiger charge is 2.37. The van der Waals surface area contributed by atoms with Crippen molar-refractivity contribution in [3.05, 3.63) is 0 Å². The number of carbonyl (C=O) groups excluding carboxylic acids is 2. The molecule has 1 saturated heterocycles. The average Bonchev–Trinajstić information content (AvgIpc) is 2.48. The van der Waals surface area contributed by atoms with Crippen molar-refractivity contribution >= 4 is 11.8 Å². The molecule has 0 atom stereocenters. The van der Waals surface area contributed by atoms with Gasteiger partial charge in [-0.3, -0.25) is 9.59 Å². The predicted octanol–water partition coefficient (Wildman–Crippen LogP) is 0.0351. The molecule has 3 N–H and O–H groups in total. The van der Waals surface area contributed by atoms with E-state index < -0.39 is 0 Å². The highest BCUT2D eigenvalue weighted by atomic mass is 16.5. The first-order chi connectivity index (χ1) is 9.64. The molecule has 0 aromatic heterocycles. The maximum absolute atomic E-state index is 12.3. The molecule has 0 spiro atoms. The van der Waals surface area contributed by atoms with Gasteiger partial charge in [-0.2, -0.15) is 0 Å². The van der Waals surface area contributed by atoms with Gasteiger partial charge >= 0.3 is 0 Å². The zero-order valence-corrected chi connectivity index (χ0v) is 12.6. The van der Waals surface area contributed by atoms with Crippen LogP contribution in [0.25, 0.3) is 0 Å². The van der Waals surface area contributed by atoms with Crippen LogP contribution in [0.1, 0.15) is 32.6 Å². The van der Waals surface area contributed by atoms with Gasteiger partial charge in [-0.15, -0.1) is 0 Å². The van der Waals surface area contributed by atoms with Crippen LogP contribution in [-0.4, -0.2) is 51.7 Å². The van der Waals surface area contributed by atoms with Crippen LogP contribution in [0.4, 0.5) is 0 Å². The number of methoxy groups -OCH3 is 1. The lowest BCUT2D eigenvalue weighted by molar-refractivity contribution is -0.133. The van der Waals surface area contributed by atoms with E-state index in [1.54, 1.807) is 7.11 Å². The van der Waals surface area contributed by atoms with Crippen LogP contribution in [-0.2, 0) is 14.3 Å². The third kappa shape index (κ3) is 5.09. The Morgan fingerprint density at radius 2 is 1.90 bits per heavy atom. The van der Waals surface area contributed by atoms with E-state index in [0.29, 0.717) is 26.1 Å². The molecule has 1 aliphatic rings. The minimum absolute atomic E-state index is 0.0572. The third-order valence-electron chi connectivity index (χ3n) is 3.99. The van der Waals surface area contributed by atoms with Gasteiger partial charge in [0.15, 0.2) is 0 Å². The van der Waals surface area contributed by atoms with Gasteiger partial charge in [0.25, 0.3) is 0 Å². The van der Waals surface area contributed by atoms with Crippen molar-refractivity contribution in [2.24, 2.45) is 5.41 Å². The molecule has 1 rings (SSSR count). The summed E-state index contributed by atoms with van der Waals surface area (Å²) in [7, 11) is 1.59. The molecular formula is C14H27N3O3. The van der Waals surface area contributed by atoms with Gasteiger partial charge < -0.3 is 20.7 Å². The molecule has 0 unspecified atom stereocenters. The number of hydrogen-bond acceptors (Lipinski definition) is 4. The van der Waals surface area contributed by atoms with E-state index in [1.165, 1.54) is 0 Å². The Labute approximate surface area is 121 Å². The van der Waals surface area contributed by atoms with Gasteiger partial charge in [-0.25, -0.2) is 0 Å². The van der Waals surface area contributed by atoms with E-state index in [4.69, 9.17) is 4.74 Å². The summed E-state index contributed by atoms with van der Waals surface area (Å²) in [6.07, 6.45) is 2.90. The zero-order chi connectivity index (χ0) is 14.8. The number of carbonyl (C=O) groups is 2. The molecule has 116 valence electrons. The average molecular weight is 285 g/mol. The van der Waals surface area contributed by atoms with Crippen LogP contribution in [0.2, 0.25) is 0 Å². The fraction of sp³-hybridized carbons (Fsp3) is 0.857. The van der Waals surface area contributed by atoms with Crippen LogP contribution >= 0.6 is 0 Å². The van der Waals surface area contributed by atoms with Gasteiger partial charge in [-0.1, -0.05) is 6.92 Å². The maximum atomic E-state index is 12.3. The monoisotopic (exact) mass is 285 g/mol. The second-order valence-electron chi connectivity index (χ2n) is 5.23. The Bertz CT molecular complexity index is 315. The summed E-state index contributed by atoms with van der Waals surface area (Å²) >= 11 is 0. The first-order valence-corrected chi connectivity index (χ1v) is 7.39. The van der Waals surface area contributed by atoms with E-state index in [2.05, 4.69) is 22.9 Å². The lowest BCUT2D eigenvalue weighted by atomic mass is 9.76. The Balaban J connectivity index is 2.26. The van der Waals surface area contributed by atoms with Crippen LogP contribution < -0.4 is 16.0 Å². The molecule has 1 fully saturated rings. The van der Waals surface area contributed by atoms with Gasteiger partial charge in [0.05, 0.1) is 12.0 Å². The fourth-order valence-corrected chi connectivity index (χ4v) is 2.50. The molecule has 2 amide bonds. The predicted molar refractivity (Wildman–Crippen MR) is 77.3 cm³/mol. The Hall–Kier alpha value is -1.14. The van der Waals surface area contributed by atoms with Crippen LogP contribution in [0.15, 0.2) is 0 Å². The van der Waals surface area contributed by atoms with Crippen molar-refractivity contribution < 1.29 is 14.3 Å². The molecule has 6 nitrogen and oxygen atoms in total. The highest BCUT2D eigenvalue weighted by molar-refractivity contribution is 5.83. The van der Waals surface area contributed by atoms with Crippen molar-refractivity contribution in [2.75, 3.05) is 39.9 Å². The molecule has 6 heteroatoms. The SMILES string of the molecule is CCC1(C(=O)NCCC(=O)NCCOC)CCNCC1. The minimum atomic E-state index is -0.252. The van der Waals surface area contributed by atoms with Crippen molar-refractivity contribution in [3.8, 4) is 0 Å². The van der Waals surface area contributed by atoms with Crippen LogP contribution in [0.5, 0.6) is 0 Å². The topological polar surface area (TPSA) is 79.5 Å². The number of nitrogens with one attached hydrogen (secondary N) is 3. The summed E-state index contributed by atoms with van der Waals surface area (Å²) < 4.78 is 4.85. The molecular weight excluding hydrogens is 258 g/mol. The van der Waals surface area contributed by atoms with Crippen molar-refractivity contribution in [2.45, 2.75) is 32.6 Å². The van der Waals surface area contributed by atoms with E-state index >= 15 is 0 Å². The van der Waals surface area contributed by atoms with Gasteiger partial charge in [0.2, 0.25) is 11.8 Å².